The van der Waals surface area contributed by atoms with E-state index in [1.165, 1.54) is 12.1 Å². The molecule has 1 aromatic carbocycles. The number of ether oxygens (including phenoxy) is 1. The summed E-state index contributed by atoms with van der Waals surface area (Å²) < 4.78 is 43.5. The number of nitrogen functional groups attached to an aromatic ring is 1. The van der Waals surface area contributed by atoms with E-state index in [1.807, 2.05) is 20.8 Å². The van der Waals surface area contributed by atoms with Gasteiger partial charge in [-0.05, 0) is 30.0 Å². The van der Waals surface area contributed by atoms with Gasteiger partial charge in [-0.3, -0.25) is 0 Å². The first-order valence-corrected chi connectivity index (χ1v) is 5.69. The quantitative estimate of drug-likeness (QED) is 0.831. The number of rotatable bonds is 3. The van der Waals surface area contributed by atoms with E-state index in [1.54, 1.807) is 0 Å². The van der Waals surface area contributed by atoms with Gasteiger partial charge in [-0.1, -0.05) is 20.8 Å². The minimum Gasteiger partial charge on any atom is -0.493 e. The molecule has 0 saturated carbocycles. The zero-order chi connectivity index (χ0) is 14.0. The first kappa shape index (κ1) is 14.7. The van der Waals surface area contributed by atoms with Crippen LogP contribution < -0.4 is 10.5 Å². The van der Waals surface area contributed by atoms with Crippen LogP contribution in [0.1, 0.15) is 32.8 Å². The second-order valence-electron chi connectivity index (χ2n) is 5.41. The first-order valence-electron chi connectivity index (χ1n) is 5.69. The third-order valence-electron chi connectivity index (χ3n) is 2.42. The standard InChI is InChI=1S/C13H18F3NO/c1-12(2,3)6-7-18-11-5-4-9(17)8-10(11)13(14,15)16/h4-5,8H,6-7,17H2,1-3H3. The maximum atomic E-state index is 12.8. The fraction of sp³-hybridized carbons (Fsp3) is 0.538. The Balaban J connectivity index is 2.83. The predicted molar refractivity (Wildman–Crippen MR) is 65.4 cm³/mol. The molecule has 2 nitrogen and oxygen atoms in total. The Bertz CT molecular complexity index is 408. The topological polar surface area (TPSA) is 35.2 Å². The highest BCUT2D eigenvalue weighted by Crippen LogP contribution is 2.37. The van der Waals surface area contributed by atoms with Crippen molar-refractivity contribution in [2.24, 2.45) is 5.41 Å². The summed E-state index contributed by atoms with van der Waals surface area (Å²) in [4.78, 5) is 0. The lowest BCUT2D eigenvalue weighted by molar-refractivity contribution is -0.138. The van der Waals surface area contributed by atoms with Gasteiger partial charge < -0.3 is 10.5 Å². The van der Waals surface area contributed by atoms with Crippen LogP contribution in [0.4, 0.5) is 18.9 Å². The van der Waals surface area contributed by atoms with E-state index in [0.717, 1.165) is 6.07 Å². The maximum Gasteiger partial charge on any atom is 0.420 e. The number of benzene rings is 1. The molecule has 0 unspecified atom stereocenters. The van der Waals surface area contributed by atoms with E-state index < -0.39 is 11.7 Å². The summed E-state index contributed by atoms with van der Waals surface area (Å²) in [5.74, 6) is -0.166. The van der Waals surface area contributed by atoms with Crippen LogP contribution in [0, 0.1) is 5.41 Å². The van der Waals surface area contributed by atoms with E-state index in [0.29, 0.717) is 6.42 Å². The van der Waals surface area contributed by atoms with Crippen LogP contribution in [0.2, 0.25) is 0 Å². The Morgan fingerprint density at radius 2 is 1.78 bits per heavy atom. The van der Waals surface area contributed by atoms with Crippen LogP contribution in [-0.4, -0.2) is 6.61 Å². The Hall–Kier alpha value is -1.39. The van der Waals surface area contributed by atoms with Crippen molar-refractivity contribution in [1.82, 2.24) is 0 Å². The largest absolute Gasteiger partial charge is 0.493 e. The van der Waals surface area contributed by atoms with E-state index >= 15 is 0 Å². The van der Waals surface area contributed by atoms with Crippen molar-refractivity contribution in [3.63, 3.8) is 0 Å². The van der Waals surface area contributed by atoms with Gasteiger partial charge in [0, 0.05) is 5.69 Å². The Kier molecular flexibility index (Phi) is 4.14. The molecule has 0 saturated heterocycles. The number of hydrogen-bond donors (Lipinski definition) is 1. The summed E-state index contributed by atoms with van der Waals surface area (Å²) in [6.07, 6.45) is -3.78. The number of hydrogen-bond acceptors (Lipinski definition) is 2. The van der Waals surface area contributed by atoms with E-state index in [2.05, 4.69) is 0 Å². The summed E-state index contributed by atoms with van der Waals surface area (Å²) in [6.45, 7) is 6.26. The monoisotopic (exact) mass is 261 g/mol. The molecule has 0 heterocycles. The summed E-state index contributed by atoms with van der Waals surface area (Å²) in [5, 5.41) is 0. The van der Waals surface area contributed by atoms with Crippen LogP contribution in [0.25, 0.3) is 0 Å². The fourth-order valence-electron chi connectivity index (χ4n) is 1.36. The smallest absolute Gasteiger partial charge is 0.420 e. The van der Waals surface area contributed by atoms with Crippen LogP contribution in [0.15, 0.2) is 18.2 Å². The minimum absolute atomic E-state index is 0.0200. The van der Waals surface area contributed by atoms with Crippen molar-refractivity contribution in [1.29, 1.82) is 0 Å². The first-order chi connectivity index (χ1) is 8.09. The van der Waals surface area contributed by atoms with Crippen molar-refractivity contribution in [2.45, 2.75) is 33.4 Å². The molecule has 5 heteroatoms. The molecule has 18 heavy (non-hydrogen) atoms. The molecular formula is C13H18F3NO. The number of anilines is 1. The van der Waals surface area contributed by atoms with Crippen LogP contribution in [-0.2, 0) is 6.18 Å². The molecule has 0 radical (unpaired) electrons. The molecule has 0 fully saturated rings. The third kappa shape index (κ3) is 4.47. The molecule has 0 aromatic heterocycles. The van der Waals surface area contributed by atoms with E-state index in [-0.39, 0.29) is 23.5 Å². The molecule has 0 aliphatic heterocycles. The highest BCUT2D eigenvalue weighted by atomic mass is 19.4. The van der Waals surface area contributed by atoms with Crippen molar-refractivity contribution >= 4 is 5.69 Å². The molecule has 1 rings (SSSR count). The maximum absolute atomic E-state index is 12.8. The summed E-state index contributed by atoms with van der Waals surface area (Å²) in [6, 6.07) is 3.56. The van der Waals surface area contributed by atoms with Crippen LogP contribution in [0.5, 0.6) is 5.75 Å². The van der Waals surface area contributed by atoms with Gasteiger partial charge in [0.25, 0.3) is 0 Å². The molecule has 0 spiro atoms. The molecule has 0 amide bonds. The van der Waals surface area contributed by atoms with Gasteiger partial charge >= 0.3 is 6.18 Å². The summed E-state index contributed by atoms with van der Waals surface area (Å²) in [5.41, 5.74) is 4.64. The van der Waals surface area contributed by atoms with Gasteiger partial charge in [0.15, 0.2) is 0 Å². The molecule has 0 bridgehead atoms. The Labute approximate surface area is 105 Å². The van der Waals surface area contributed by atoms with Gasteiger partial charge in [-0.25, -0.2) is 0 Å². The van der Waals surface area contributed by atoms with Gasteiger partial charge in [0.2, 0.25) is 0 Å². The molecule has 1 aromatic rings. The van der Waals surface area contributed by atoms with Crippen molar-refractivity contribution in [3.05, 3.63) is 23.8 Å². The summed E-state index contributed by atoms with van der Waals surface area (Å²) in [7, 11) is 0. The van der Waals surface area contributed by atoms with E-state index in [9.17, 15) is 13.2 Å². The summed E-state index contributed by atoms with van der Waals surface area (Å²) >= 11 is 0. The SMILES string of the molecule is CC(C)(C)CCOc1ccc(N)cc1C(F)(F)F. The second-order valence-corrected chi connectivity index (χ2v) is 5.41. The third-order valence-corrected chi connectivity index (χ3v) is 2.42. The molecular weight excluding hydrogens is 243 g/mol. The van der Waals surface area contributed by atoms with E-state index in [4.69, 9.17) is 10.5 Å². The lowest BCUT2D eigenvalue weighted by atomic mass is 9.93. The molecule has 0 aliphatic carbocycles. The fourth-order valence-corrected chi connectivity index (χ4v) is 1.36. The van der Waals surface area contributed by atoms with Gasteiger partial charge in [0.1, 0.15) is 5.75 Å². The van der Waals surface area contributed by atoms with Crippen molar-refractivity contribution < 1.29 is 17.9 Å². The Morgan fingerprint density at radius 3 is 2.28 bits per heavy atom. The van der Waals surface area contributed by atoms with Gasteiger partial charge in [-0.15, -0.1) is 0 Å². The van der Waals surface area contributed by atoms with Crippen LogP contribution >= 0.6 is 0 Å². The second kappa shape index (κ2) is 5.08. The number of nitrogens with two attached hydrogens (primary N) is 1. The zero-order valence-corrected chi connectivity index (χ0v) is 10.8. The lowest BCUT2D eigenvalue weighted by Gasteiger charge is -2.19. The van der Waals surface area contributed by atoms with Crippen LogP contribution in [0.3, 0.4) is 0 Å². The number of halogens is 3. The average Bonchev–Trinajstić information content (AvgIpc) is 2.17. The van der Waals surface area contributed by atoms with Crippen molar-refractivity contribution in [2.75, 3.05) is 12.3 Å². The van der Waals surface area contributed by atoms with Gasteiger partial charge in [-0.2, -0.15) is 13.2 Å². The molecule has 0 aliphatic rings. The highest BCUT2D eigenvalue weighted by molar-refractivity contribution is 5.49. The normalized spacial score (nSPS) is 12.6. The minimum atomic E-state index is -4.45. The van der Waals surface area contributed by atoms with Gasteiger partial charge in [0.05, 0.1) is 12.2 Å². The zero-order valence-electron chi connectivity index (χ0n) is 10.8. The molecule has 102 valence electrons. The highest BCUT2D eigenvalue weighted by Gasteiger charge is 2.34. The predicted octanol–water partition coefficient (Wildman–Crippen LogP) is 4.10. The Morgan fingerprint density at radius 1 is 1.17 bits per heavy atom. The number of alkyl halides is 3. The average molecular weight is 261 g/mol. The molecule has 0 atom stereocenters. The van der Waals surface area contributed by atoms with Crippen molar-refractivity contribution in [3.8, 4) is 5.75 Å². The molecule has 2 N–H and O–H groups in total. The lowest BCUT2D eigenvalue weighted by Crippen LogP contribution is -2.14.